The van der Waals surface area contributed by atoms with Crippen LogP contribution in [0.25, 0.3) is 0 Å². The number of carboxylic acid groups (broad SMARTS) is 1. The van der Waals surface area contributed by atoms with E-state index in [2.05, 4.69) is 74.6 Å². The molecule has 0 fully saturated rings. The monoisotopic (exact) mass is 955 g/mol. The van der Waals surface area contributed by atoms with Crippen LogP contribution in [0, 0.1) is 0 Å². The summed E-state index contributed by atoms with van der Waals surface area (Å²) in [6, 6.07) is -0.619. The predicted molar refractivity (Wildman–Crippen MR) is 289 cm³/mol. The van der Waals surface area contributed by atoms with Gasteiger partial charge in [-0.05, 0) is 77.0 Å². The van der Waals surface area contributed by atoms with E-state index >= 15 is 0 Å². The first kappa shape index (κ1) is 65.0. The molecule has 0 aliphatic heterocycles. The predicted octanol–water partition coefficient (Wildman–Crippen LogP) is 16.9. The van der Waals surface area contributed by atoms with Crippen LogP contribution in [0.15, 0.2) is 60.8 Å². The highest BCUT2D eigenvalue weighted by atomic mass is 16.6. The van der Waals surface area contributed by atoms with Gasteiger partial charge in [0.1, 0.15) is 6.61 Å². The van der Waals surface area contributed by atoms with E-state index in [0.717, 1.165) is 70.6 Å². The number of quaternary nitrogens is 1. The van der Waals surface area contributed by atoms with Gasteiger partial charge in [-0.3, -0.25) is 9.59 Å². The van der Waals surface area contributed by atoms with Gasteiger partial charge in [-0.1, -0.05) is 216 Å². The van der Waals surface area contributed by atoms with Crippen molar-refractivity contribution in [2.45, 2.75) is 264 Å². The highest BCUT2D eigenvalue weighted by molar-refractivity contribution is 5.72. The molecule has 0 bridgehead atoms. The molecule has 394 valence electrons. The van der Waals surface area contributed by atoms with Crippen molar-refractivity contribution < 1.29 is 38.2 Å². The number of ether oxygens (including phenoxy) is 3. The van der Waals surface area contributed by atoms with E-state index in [1.807, 2.05) is 21.1 Å². The summed E-state index contributed by atoms with van der Waals surface area (Å²) in [5.41, 5.74) is 0. The summed E-state index contributed by atoms with van der Waals surface area (Å²) in [6.07, 6.45) is 64.2. The van der Waals surface area contributed by atoms with E-state index in [9.17, 15) is 19.5 Å². The molecule has 2 unspecified atom stereocenters. The zero-order valence-electron chi connectivity index (χ0n) is 45.1. The van der Waals surface area contributed by atoms with Gasteiger partial charge in [-0.2, -0.15) is 0 Å². The Hall–Kier alpha value is -2.97. The largest absolute Gasteiger partial charge is 0.477 e. The second-order valence-electron chi connectivity index (χ2n) is 20.2. The van der Waals surface area contributed by atoms with Crippen LogP contribution in [-0.2, 0) is 28.6 Å². The summed E-state index contributed by atoms with van der Waals surface area (Å²) in [5, 5.41) is 9.68. The average Bonchev–Trinajstić information content (AvgIpc) is 3.30. The van der Waals surface area contributed by atoms with Crippen LogP contribution < -0.4 is 0 Å². The molecule has 0 amide bonds. The average molecular weight is 956 g/mol. The number of aliphatic carboxylic acids is 1. The number of hydrogen-bond acceptors (Lipinski definition) is 6. The molecule has 8 heteroatoms. The molecule has 0 saturated heterocycles. The van der Waals surface area contributed by atoms with Crippen molar-refractivity contribution in [1.29, 1.82) is 0 Å². The normalized spacial score (nSPS) is 13.2. The molecule has 0 radical (unpaired) electrons. The minimum Gasteiger partial charge on any atom is -0.477 e. The number of carbonyl (C=O) groups is 3. The van der Waals surface area contributed by atoms with E-state index in [-0.39, 0.29) is 36.2 Å². The van der Waals surface area contributed by atoms with Gasteiger partial charge in [0.05, 0.1) is 34.4 Å². The molecule has 0 aromatic heterocycles. The molecule has 0 saturated carbocycles. The Morgan fingerprint density at radius 2 is 0.824 bits per heavy atom. The van der Waals surface area contributed by atoms with E-state index in [0.29, 0.717) is 19.3 Å². The molecule has 0 aromatic rings. The van der Waals surface area contributed by atoms with Crippen molar-refractivity contribution in [1.82, 2.24) is 0 Å². The van der Waals surface area contributed by atoms with Crippen LogP contribution in [0.3, 0.4) is 0 Å². The number of hydrogen-bond donors (Lipinski definition) is 1. The fraction of sp³-hybridized carbons (Fsp3) is 0.783. The van der Waals surface area contributed by atoms with Crippen LogP contribution in [0.2, 0.25) is 0 Å². The summed E-state index contributed by atoms with van der Waals surface area (Å²) in [5.74, 6) is -1.47. The standard InChI is InChI=1S/C60H107NO7/c1-6-8-10-12-14-16-18-20-22-24-26-28-29-31-32-34-36-38-40-42-44-46-48-50-58(62)67-55-56(54-66-53-52-57(60(64)65)61(3,4)5)68-59(63)51-49-47-45-43-41-39-37-35-33-30-27-25-23-21-19-17-15-13-11-9-7-2/h9,11,15,17,21,23,26,28,31-32,56-57H,6-8,10,12-14,16,18-20,22,24-25,27,29-30,33-55H2,1-5H3/p+1/b11-9+,17-15+,23-21+,28-26+,32-31+. The lowest BCUT2D eigenvalue weighted by molar-refractivity contribution is -0.887. The number of rotatable bonds is 51. The number of carboxylic acids is 1. The summed E-state index contributed by atoms with van der Waals surface area (Å²) in [4.78, 5) is 37.3. The number of allylic oxidation sites excluding steroid dienone is 10. The van der Waals surface area contributed by atoms with Crippen molar-refractivity contribution in [2.75, 3.05) is 41.0 Å². The lowest BCUT2D eigenvalue weighted by Gasteiger charge is -2.31. The molecule has 68 heavy (non-hydrogen) atoms. The van der Waals surface area contributed by atoms with E-state index in [1.165, 1.54) is 148 Å². The molecule has 0 aliphatic carbocycles. The van der Waals surface area contributed by atoms with Gasteiger partial charge in [-0.25, -0.2) is 4.79 Å². The Labute approximate surface area is 419 Å². The van der Waals surface area contributed by atoms with E-state index < -0.39 is 18.1 Å². The zero-order valence-corrected chi connectivity index (χ0v) is 45.1. The molecule has 0 aromatic carbocycles. The number of likely N-dealkylation sites (N-methyl/N-ethyl adjacent to an activating group) is 1. The first-order valence-electron chi connectivity index (χ1n) is 28.3. The van der Waals surface area contributed by atoms with Crippen molar-refractivity contribution in [3.63, 3.8) is 0 Å². The highest BCUT2D eigenvalue weighted by Gasteiger charge is 2.31. The van der Waals surface area contributed by atoms with Gasteiger partial charge < -0.3 is 23.8 Å². The minimum absolute atomic E-state index is 0.0567. The number of esters is 2. The van der Waals surface area contributed by atoms with Crippen LogP contribution in [0.5, 0.6) is 0 Å². The molecule has 8 nitrogen and oxygen atoms in total. The lowest BCUT2D eigenvalue weighted by Crippen LogP contribution is -2.50. The Morgan fingerprint density at radius 3 is 1.22 bits per heavy atom. The Kier molecular flexibility index (Phi) is 48.2. The molecule has 2 atom stereocenters. The van der Waals surface area contributed by atoms with Crippen LogP contribution in [-0.4, -0.2) is 80.6 Å². The Balaban J connectivity index is 4.19. The highest BCUT2D eigenvalue weighted by Crippen LogP contribution is 2.16. The molecule has 0 rings (SSSR count). The van der Waals surface area contributed by atoms with Crippen molar-refractivity contribution in [2.24, 2.45) is 0 Å². The van der Waals surface area contributed by atoms with Gasteiger partial charge in [-0.15, -0.1) is 0 Å². The third kappa shape index (κ3) is 48.1. The Bertz CT molecular complexity index is 1290. The number of unbranched alkanes of at least 4 members (excludes halogenated alkanes) is 27. The van der Waals surface area contributed by atoms with Gasteiger partial charge >= 0.3 is 17.9 Å². The van der Waals surface area contributed by atoms with E-state index in [4.69, 9.17) is 14.2 Å². The third-order valence-corrected chi connectivity index (χ3v) is 12.7. The minimum atomic E-state index is -0.876. The first-order valence-corrected chi connectivity index (χ1v) is 28.3. The maximum Gasteiger partial charge on any atom is 0.362 e. The molecule has 0 spiro atoms. The molecule has 1 N–H and O–H groups in total. The lowest BCUT2D eigenvalue weighted by atomic mass is 10.0. The van der Waals surface area contributed by atoms with Crippen molar-refractivity contribution in [3.05, 3.63) is 60.8 Å². The Morgan fingerprint density at radius 1 is 0.456 bits per heavy atom. The molecular formula is C60H108NO7+. The summed E-state index contributed by atoms with van der Waals surface area (Å²) < 4.78 is 17.4. The smallest absolute Gasteiger partial charge is 0.362 e. The van der Waals surface area contributed by atoms with Gasteiger partial charge in [0, 0.05) is 19.3 Å². The summed E-state index contributed by atoms with van der Waals surface area (Å²) in [7, 11) is 5.54. The van der Waals surface area contributed by atoms with Crippen LogP contribution >= 0.6 is 0 Å². The second kappa shape index (κ2) is 50.4. The number of nitrogens with zero attached hydrogens (tertiary/aromatic N) is 1. The summed E-state index contributed by atoms with van der Waals surface area (Å²) in [6.45, 7) is 4.65. The van der Waals surface area contributed by atoms with Crippen molar-refractivity contribution in [3.8, 4) is 0 Å². The molecule has 0 heterocycles. The maximum absolute atomic E-state index is 12.8. The van der Waals surface area contributed by atoms with Gasteiger partial charge in [0.15, 0.2) is 12.1 Å². The van der Waals surface area contributed by atoms with Crippen LogP contribution in [0.1, 0.15) is 251 Å². The fourth-order valence-corrected chi connectivity index (χ4v) is 8.31. The molecule has 0 aliphatic rings. The van der Waals surface area contributed by atoms with Gasteiger partial charge in [0.2, 0.25) is 0 Å². The van der Waals surface area contributed by atoms with E-state index in [1.54, 1.807) is 0 Å². The second-order valence-corrected chi connectivity index (χ2v) is 20.2. The first-order chi connectivity index (χ1) is 33.1. The van der Waals surface area contributed by atoms with Gasteiger partial charge in [0.25, 0.3) is 0 Å². The number of carbonyl (C=O) groups excluding carboxylic acids is 2. The van der Waals surface area contributed by atoms with Crippen molar-refractivity contribution >= 4 is 17.9 Å². The molecular weight excluding hydrogens is 847 g/mol. The third-order valence-electron chi connectivity index (χ3n) is 12.7. The SMILES string of the molecule is CC/C=C/C/C=C/C/C=C/CCCCCCCCCCCCCC(=O)OC(COCCC(C(=O)O)[N+](C)(C)C)COC(=O)CCCCCCCCC/C=C/C/C=C/CCCCCCCCCCC. The van der Waals surface area contributed by atoms with Crippen LogP contribution in [0.4, 0.5) is 0 Å². The fourth-order valence-electron chi connectivity index (χ4n) is 8.31. The zero-order chi connectivity index (χ0) is 49.9. The quantitative estimate of drug-likeness (QED) is 0.0281. The topological polar surface area (TPSA) is 99.1 Å². The summed E-state index contributed by atoms with van der Waals surface area (Å²) >= 11 is 0. The maximum atomic E-state index is 12.8.